The van der Waals surface area contributed by atoms with Crippen LogP contribution in [0, 0.1) is 12.3 Å². The van der Waals surface area contributed by atoms with Crippen LogP contribution in [0.25, 0.3) is 0 Å². The van der Waals surface area contributed by atoms with E-state index in [2.05, 4.69) is 24.0 Å². The van der Waals surface area contributed by atoms with Crippen molar-refractivity contribution in [1.29, 1.82) is 0 Å². The van der Waals surface area contributed by atoms with Gasteiger partial charge in [-0.15, -0.1) is 11.3 Å². The van der Waals surface area contributed by atoms with Crippen LogP contribution in [-0.2, 0) is 6.42 Å². The molecule has 0 N–H and O–H groups in total. The smallest absolute Gasteiger partial charge is 0.265 e. The Morgan fingerprint density at radius 3 is 3.00 bits per heavy atom. The molecule has 0 saturated carbocycles. The highest BCUT2D eigenvalue weighted by Crippen LogP contribution is 2.38. The van der Waals surface area contributed by atoms with Crippen LogP contribution >= 0.6 is 11.3 Å². The largest absolute Gasteiger partial charge is 0.454 e. The molecule has 2 aromatic rings. The number of piperidine rings is 1. The summed E-state index contributed by atoms with van der Waals surface area (Å²) in [4.78, 5) is 19.8. The van der Waals surface area contributed by atoms with Crippen molar-refractivity contribution < 1.29 is 14.3 Å². The van der Waals surface area contributed by atoms with Crippen LogP contribution in [0.15, 0.2) is 23.7 Å². The van der Waals surface area contributed by atoms with Crippen molar-refractivity contribution in [2.24, 2.45) is 5.41 Å². The van der Waals surface area contributed by atoms with E-state index < -0.39 is 0 Å². The second kappa shape index (κ2) is 6.33. The highest BCUT2D eigenvalue weighted by atomic mass is 32.1. The van der Waals surface area contributed by atoms with Gasteiger partial charge in [-0.25, -0.2) is 4.98 Å². The molecule has 0 bridgehead atoms. The Bertz CT molecular complexity index is 804. The SMILES string of the molecule is Cc1ncsc1C(=O)N1CCCC(C)(Cc2ccc3c(c2)OCO3)C1. The first kappa shape index (κ1) is 16.4. The van der Waals surface area contributed by atoms with Crippen molar-refractivity contribution in [2.75, 3.05) is 19.9 Å². The normalized spacial score (nSPS) is 22.2. The molecule has 0 spiro atoms. The zero-order chi connectivity index (χ0) is 17.4. The van der Waals surface area contributed by atoms with E-state index in [4.69, 9.17) is 9.47 Å². The standard InChI is InChI=1S/C19H22N2O3S/c1-13-17(25-11-20-13)18(22)21-7-3-6-19(2,10-21)9-14-4-5-15-16(8-14)24-12-23-15/h4-5,8,11H,3,6-7,9-10,12H2,1-2H3. The van der Waals surface area contributed by atoms with Crippen LogP contribution in [-0.4, -0.2) is 35.7 Å². The average Bonchev–Trinajstić information content (AvgIpc) is 3.22. The number of amides is 1. The molecule has 2 aliphatic heterocycles. The Labute approximate surface area is 151 Å². The fourth-order valence-corrected chi connectivity index (χ4v) is 4.60. The lowest BCUT2D eigenvalue weighted by molar-refractivity contribution is 0.0554. The fourth-order valence-electron chi connectivity index (χ4n) is 3.83. The summed E-state index contributed by atoms with van der Waals surface area (Å²) in [6.07, 6.45) is 3.08. The lowest BCUT2D eigenvalue weighted by atomic mass is 9.77. The molecule has 0 radical (unpaired) electrons. The zero-order valence-electron chi connectivity index (χ0n) is 14.6. The molecule has 1 atom stereocenters. The van der Waals surface area contributed by atoms with Gasteiger partial charge < -0.3 is 14.4 Å². The Kier molecular flexibility index (Phi) is 4.15. The summed E-state index contributed by atoms with van der Waals surface area (Å²) in [5, 5.41) is 0. The summed E-state index contributed by atoms with van der Waals surface area (Å²) in [5.74, 6) is 1.76. The van der Waals surface area contributed by atoms with E-state index in [9.17, 15) is 4.79 Å². The molecule has 2 aliphatic rings. The number of thiazole rings is 1. The maximum absolute atomic E-state index is 12.8. The van der Waals surface area contributed by atoms with Crippen molar-refractivity contribution in [3.63, 3.8) is 0 Å². The van der Waals surface area contributed by atoms with Crippen molar-refractivity contribution in [1.82, 2.24) is 9.88 Å². The Morgan fingerprint density at radius 2 is 2.20 bits per heavy atom. The molecule has 0 aliphatic carbocycles. The third-order valence-electron chi connectivity index (χ3n) is 5.08. The molecule has 1 aromatic heterocycles. The van der Waals surface area contributed by atoms with Crippen LogP contribution in [0.4, 0.5) is 0 Å². The quantitative estimate of drug-likeness (QED) is 0.840. The van der Waals surface area contributed by atoms with Crippen molar-refractivity contribution in [2.45, 2.75) is 33.1 Å². The van der Waals surface area contributed by atoms with E-state index in [1.807, 2.05) is 17.9 Å². The first-order valence-electron chi connectivity index (χ1n) is 8.62. The minimum Gasteiger partial charge on any atom is -0.454 e. The average molecular weight is 358 g/mol. The number of hydrogen-bond acceptors (Lipinski definition) is 5. The Morgan fingerprint density at radius 1 is 1.36 bits per heavy atom. The predicted molar refractivity (Wildman–Crippen MR) is 96.4 cm³/mol. The summed E-state index contributed by atoms with van der Waals surface area (Å²) in [5.41, 5.74) is 3.88. The summed E-state index contributed by atoms with van der Waals surface area (Å²) >= 11 is 1.44. The number of carbonyl (C=O) groups is 1. The second-order valence-corrected chi connectivity index (χ2v) is 8.13. The lowest BCUT2D eigenvalue weighted by Gasteiger charge is -2.40. The van der Waals surface area contributed by atoms with E-state index in [1.165, 1.54) is 16.9 Å². The van der Waals surface area contributed by atoms with Gasteiger partial charge in [0.1, 0.15) is 4.88 Å². The van der Waals surface area contributed by atoms with E-state index in [0.29, 0.717) is 6.79 Å². The highest BCUT2D eigenvalue weighted by molar-refractivity contribution is 7.11. The predicted octanol–water partition coefficient (Wildman–Crippen LogP) is 3.67. The minimum absolute atomic E-state index is 0.0696. The lowest BCUT2D eigenvalue weighted by Crippen LogP contribution is -2.45. The molecular formula is C19H22N2O3S. The van der Waals surface area contributed by atoms with E-state index in [-0.39, 0.29) is 11.3 Å². The third-order valence-corrected chi connectivity index (χ3v) is 5.99. The first-order chi connectivity index (χ1) is 12.0. The van der Waals surface area contributed by atoms with Crippen LogP contribution < -0.4 is 9.47 Å². The number of ether oxygens (including phenoxy) is 2. The number of benzene rings is 1. The number of hydrogen-bond donors (Lipinski definition) is 0. The third kappa shape index (κ3) is 3.23. The molecule has 1 amide bonds. The van der Waals surface area contributed by atoms with Crippen molar-refractivity contribution >= 4 is 17.2 Å². The summed E-state index contributed by atoms with van der Waals surface area (Å²) in [6, 6.07) is 6.15. The van der Waals surface area contributed by atoms with Gasteiger partial charge in [0, 0.05) is 13.1 Å². The van der Waals surface area contributed by atoms with Gasteiger partial charge in [0.2, 0.25) is 6.79 Å². The molecule has 132 valence electrons. The monoisotopic (exact) mass is 358 g/mol. The molecule has 1 saturated heterocycles. The summed E-state index contributed by atoms with van der Waals surface area (Å²) in [7, 11) is 0. The van der Waals surface area contributed by atoms with E-state index in [1.54, 1.807) is 5.51 Å². The van der Waals surface area contributed by atoms with Crippen molar-refractivity contribution in [3.05, 3.63) is 39.8 Å². The Hall–Kier alpha value is -2.08. The maximum Gasteiger partial charge on any atom is 0.265 e. The highest BCUT2D eigenvalue weighted by Gasteiger charge is 2.34. The van der Waals surface area contributed by atoms with Gasteiger partial charge in [-0.2, -0.15) is 0 Å². The number of fused-ring (bicyclic) bond motifs is 1. The number of aromatic nitrogens is 1. The topological polar surface area (TPSA) is 51.7 Å². The molecule has 5 nitrogen and oxygen atoms in total. The zero-order valence-corrected chi connectivity index (χ0v) is 15.4. The van der Waals surface area contributed by atoms with Crippen molar-refractivity contribution in [3.8, 4) is 11.5 Å². The van der Waals surface area contributed by atoms with Gasteiger partial charge in [-0.3, -0.25) is 4.79 Å². The van der Waals surface area contributed by atoms with E-state index in [0.717, 1.165) is 54.4 Å². The van der Waals surface area contributed by atoms with Gasteiger partial charge in [0.15, 0.2) is 11.5 Å². The second-order valence-electron chi connectivity index (χ2n) is 7.27. The number of nitrogens with zero attached hydrogens (tertiary/aromatic N) is 2. The molecule has 25 heavy (non-hydrogen) atoms. The fraction of sp³-hybridized carbons (Fsp3) is 0.474. The van der Waals surface area contributed by atoms with Crippen LogP contribution in [0.5, 0.6) is 11.5 Å². The summed E-state index contributed by atoms with van der Waals surface area (Å²) in [6.45, 7) is 6.08. The first-order valence-corrected chi connectivity index (χ1v) is 9.50. The molecule has 4 rings (SSSR count). The molecule has 1 aromatic carbocycles. The van der Waals surface area contributed by atoms with Gasteiger partial charge in [0.25, 0.3) is 5.91 Å². The van der Waals surface area contributed by atoms with Gasteiger partial charge >= 0.3 is 0 Å². The Balaban J connectivity index is 1.49. The van der Waals surface area contributed by atoms with Crippen LogP contribution in [0.2, 0.25) is 0 Å². The number of carbonyl (C=O) groups excluding carboxylic acids is 1. The molecule has 1 fully saturated rings. The van der Waals surface area contributed by atoms with Gasteiger partial charge in [0.05, 0.1) is 11.2 Å². The van der Waals surface area contributed by atoms with Crippen LogP contribution in [0.1, 0.15) is 40.7 Å². The number of aryl methyl sites for hydroxylation is 1. The van der Waals surface area contributed by atoms with Crippen LogP contribution in [0.3, 0.4) is 0 Å². The molecular weight excluding hydrogens is 336 g/mol. The van der Waals surface area contributed by atoms with Gasteiger partial charge in [-0.1, -0.05) is 13.0 Å². The summed E-state index contributed by atoms with van der Waals surface area (Å²) < 4.78 is 10.9. The molecule has 3 heterocycles. The number of likely N-dealkylation sites (tertiary alicyclic amines) is 1. The number of rotatable bonds is 3. The molecule has 6 heteroatoms. The minimum atomic E-state index is 0.0696. The molecule has 1 unspecified atom stereocenters. The van der Waals surface area contributed by atoms with E-state index >= 15 is 0 Å². The maximum atomic E-state index is 12.8. The van der Waals surface area contributed by atoms with Gasteiger partial charge in [-0.05, 0) is 49.3 Å².